The van der Waals surface area contributed by atoms with E-state index in [0.29, 0.717) is 38.5 Å². The van der Waals surface area contributed by atoms with Crippen LogP contribution in [0.2, 0.25) is 0 Å². The SMILES string of the molecule is C[C@H](CO)CC[C@H](O)[C@](C)(O)[C@@H]1CC[C@]2(O)C3=CC(=O)[C@@H]4C[C@H](O)[C@H](O)C[C@]4(C)[C@@H]3CC[C@]12C. The zero-order chi connectivity index (χ0) is 25.3. The molecule has 0 bridgehead atoms. The summed E-state index contributed by atoms with van der Waals surface area (Å²) in [6, 6.07) is 0. The molecule has 4 aliphatic carbocycles. The fourth-order valence-corrected chi connectivity index (χ4v) is 8.37. The van der Waals surface area contributed by atoms with Crippen LogP contribution in [0, 0.1) is 34.5 Å². The van der Waals surface area contributed by atoms with Crippen molar-refractivity contribution in [1.82, 2.24) is 0 Å². The number of hydrogen-bond donors (Lipinski definition) is 6. The molecule has 0 heterocycles. The Morgan fingerprint density at radius 1 is 1.12 bits per heavy atom. The number of ketones is 1. The van der Waals surface area contributed by atoms with E-state index in [1.54, 1.807) is 13.0 Å². The van der Waals surface area contributed by atoms with Crippen LogP contribution >= 0.6 is 0 Å². The number of carbonyl (C=O) groups excluding carboxylic acids is 1. The van der Waals surface area contributed by atoms with Crippen molar-refractivity contribution in [1.29, 1.82) is 0 Å². The topological polar surface area (TPSA) is 138 Å². The first-order valence-corrected chi connectivity index (χ1v) is 13.1. The summed E-state index contributed by atoms with van der Waals surface area (Å²) in [4.78, 5) is 13.3. The van der Waals surface area contributed by atoms with Gasteiger partial charge in [0.2, 0.25) is 0 Å². The first kappa shape index (κ1) is 26.2. The summed E-state index contributed by atoms with van der Waals surface area (Å²) >= 11 is 0. The highest BCUT2D eigenvalue weighted by Crippen LogP contribution is 2.68. The lowest BCUT2D eigenvalue weighted by atomic mass is 9.45. The Hall–Kier alpha value is -0.830. The van der Waals surface area contributed by atoms with Crippen LogP contribution in [0.1, 0.15) is 79.1 Å². The third kappa shape index (κ3) is 3.65. The highest BCUT2D eigenvalue weighted by Gasteiger charge is 2.69. The molecular weight excluding hydrogens is 436 g/mol. The standard InChI is InChI=1S/C27H44O7/c1-15(14-28)5-6-23(32)26(4,33)22-8-10-27(34)17-11-19(29)18-12-20(30)21(31)13-24(18,2)16(17)7-9-25(22,27)3/h11,15-16,18,20-23,28,30-34H,5-10,12-14H2,1-4H3/t15-,16+,18-,20-,21+,22+,23-,24+,25+,26+,27-/m0/s1. The number of hydrogen-bond acceptors (Lipinski definition) is 7. The molecular formula is C27H44O7. The van der Waals surface area contributed by atoms with Crippen molar-refractivity contribution in [2.24, 2.45) is 34.5 Å². The van der Waals surface area contributed by atoms with E-state index in [2.05, 4.69) is 0 Å². The Balaban J connectivity index is 1.65. The van der Waals surface area contributed by atoms with E-state index >= 15 is 0 Å². The van der Waals surface area contributed by atoms with Crippen molar-refractivity contribution in [3.8, 4) is 0 Å². The molecule has 4 aliphatic rings. The smallest absolute Gasteiger partial charge is 0.159 e. The molecule has 6 N–H and O–H groups in total. The Labute approximate surface area is 202 Å². The minimum atomic E-state index is -1.42. The van der Waals surface area contributed by atoms with Gasteiger partial charge in [0.25, 0.3) is 0 Å². The van der Waals surface area contributed by atoms with Gasteiger partial charge in [-0.25, -0.2) is 0 Å². The molecule has 4 rings (SSSR count). The number of fused-ring (bicyclic) bond motifs is 5. The molecule has 0 aliphatic heterocycles. The van der Waals surface area contributed by atoms with Gasteiger partial charge in [-0.05, 0) is 93.1 Å². The van der Waals surface area contributed by atoms with E-state index in [9.17, 15) is 35.4 Å². The number of allylic oxidation sites excluding steroid dienone is 1. The summed E-state index contributed by atoms with van der Waals surface area (Å²) in [5.74, 6) is -0.859. The van der Waals surface area contributed by atoms with Crippen molar-refractivity contribution >= 4 is 5.78 Å². The van der Waals surface area contributed by atoms with E-state index < -0.39 is 40.3 Å². The predicted molar refractivity (Wildman–Crippen MR) is 127 cm³/mol. The lowest BCUT2D eigenvalue weighted by Crippen LogP contribution is -2.62. The van der Waals surface area contributed by atoms with Gasteiger partial charge >= 0.3 is 0 Å². The maximum atomic E-state index is 13.3. The summed E-state index contributed by atoms with van der Waals surface area (Å²) in [7, 11) is 0. The summed E-state index contributed by atoms with van der Waals surface area (Å²) in [5.41, 5.74) is -3.21. The van der Waals surface area contributed by atoms with E-state index in [-0.39, 0.29) is 42.5 Å². The van der Waals surface area contributed by atoms with Crippen LogP contribution in [0.25, 0.3) is 0 Å². The normalized spacial score (nSPS) is 47.6. The van der Waals surface area contributed by atoms with Gasteiger partial charge in [0, 0.05) is 17.9 Å². The summed E-state index contributed by atoms with van der Waals surface area (Å²) in [6.07, 6.45) is 2.65. The minimum absolute atomic E-state index is 0.0326. The van der Waals surface area contributed by atoms with Gasteiger partial charge in [-0.15, -0.1) is 0 Å². The van der Waals surface area contributed by atoms with Gasteiger partial charge in [0.05, 0.1) is 29.5 Å². The molecule has 0 saturated heterocycles. The molecule has 0 aromatic carbocycles. The second-order valence-electron chi connectivity index (χ2n) is 12.7. The van der Waals surface area contributed by atoms with Crippen LogP contribution in [0.5, 0.6) is 0 Å². The molecule has 0 radical (unpaired) electrons. The Bertz CT molecular complexity index is 839. The quantitative estimate of drug-likeness (QED) is 0.340. The van der Waals surface area contributed by atoms with Gasteiger partial charge < -0.3 is 30.6 Å². The largest absolute Gasteiger partial charge is 0.396 e. The van der Waals surface area contributed by atoms with Crippen LogP contribution in [0.15, 0.2) is 11.6 Å². The maximum Gasteiger partial charge on any atom is 0.159 e. The summed E-state index contributed by atoms with van der Waals surface area (Å²) in [5, 5.41) is 64.7. The van der Waals surface area contributed by atoms with Gasteiger partial charge in [0.15, 0.2) is 5.78 Å². The third-order valence-electron chi connectivity index (χ3n) is 10.7. The molecule has 194 valence electrons. The first-order valence-electron chi connectivity index (χ1n) is 13.1. The van der Waals surface area contributed by atoms with Crippen molar-refractivity contribution in [3.63, 3.8) is 0 Å². The van der Waals surface area contributed by atoms with Crippen molar-refractivity contribution in [2.75, 3.05) is 6.61 Å². The van der Waals surface area contributed by atoms with Crippen molar-refractivity contribution < 1.29 is 35.4 Å². The average molecular weight is 481 g/mol. The van der Waals surface area contributed by atoms with E-state index in [1.165, 1.54) is 0 Å². The maximum absolute atomic E-state index is 13.3. The van der Waals surface area contributed by atoms with E-state index in [1.807, 2.05) is 20.8 Å². The monoisotopic (exact) mass is 480 g/mol. The van der Waals surface area contributed by atoms with Crippen molar-refractivity contribution in [3.05, 3.63) is 11.6 Å². The molecule has 0 aromatic rings. The molecule has 7 heteroatoms. The molecule has 3 saturated carbocycles. The predicted octanol–water partition coefficient (Wildman–Crippen LogP) is 1.71. The zero-order valence-electron chi connectivity index (χ0n) is 21.1. The highest BCUT2D eigenvalue weighted by atomic mass is 16.3. The molecule has 11 atom stereocenters. The molecule has 3 fully saturated rings. The van der Waals surface area contributed by atoms with Crippen LogP contribution < -0.4 is 0 Å². The minimum Gasteiger partial charge on any atom is -0.396 e. The highest BCUT2D eigenvalue weighted by molar-refractivity contribution is 5.95. The Kier molecular flexibility index (Phi) is 6.66. The number of aliphatic hydroxyl groups excluding tert-OH is 4. The molecule has 34 heavy (non-hydrogen) atoms. The lowest BCUT2D eigenvalue weighted by molar-refractivity contribution is -0.176. The number of aliphatic hydroxyl groups is 6. The molecule has 0 aromatic heterocycles. The number of carbonyl (C=O) groups is 1. The Morgan fingerprint density at radius 3 is 2.44 bits per heavy atom. The molecule has 0 spiro atoms. The summed E-state index contributed by atoms with van der Waals surface area (Å²) in [6.45, 7) is 7.59. The average Bonchev–Trinajstić information content (AvgIpc) is 3.06. The zero-order valence-corrected chi connectivity index (χ0v) is 21.1. The number of rotatable bonds is 6. The van der Waals surface area contributed by atoms with Crippen molar-refractivity contribution in [2.45, 2.75) is 109 Å². The van der Waals surface area contributed by atoms with E-state index in [0.717, 1.165) is 12.0 Å². The summed E-state index contributed by atoms with van der Waals surface area (Å²) < 4.78 is 0. The second kappa shape index (κ2) is 8.63. The van der Waals surface area contributed by atoms with Crippen LogP contribution in [0.3, 0.4) is 0 Å². The lowest BCUT2D eigenvalue weighted by Gasteiger charge is -2.60. The Morgan fingerprint density at radius 2 is 1.79 bits per heavy atom. The van der Waals surface area contributed by atoms with E-state index in [4.69, 9.17) is 0 Å². The molecule has 0 unspecified atom stereocenters. The van der Waals surface area contributed by atoms with Crippen LogP contribution in [0.4, 0.5) is 0 Å². The third-order valence-corrected chi connectivity index (χ3v) is 10.7. The second-order valence-corrected chi connectivity index (χ2v) is 12.7. The fraction of sp³-hybridized carbons (Fsp3) is 0.889. The van der Waals surface area contributed by atoms with Gasteiger partial charge in [-0.1, -0.05) is 20.8 Å². The fourth-order valence-electron chi connectivity index (χ4n) is 8.37. The molecule has 0 amide bonds. The van der Waals surface area contributed by atoms with Gasteiger partial charge in [-0.3, -0.25) is 4.79 Å². The van der Waals surface area contributed by atoms with Gasteiger partial charge in [-0.2, -0.15) is 0 Å². The molecule has 7 nitrogen and oxygen atoms in total. The van der Waals surface area contributed by atoms with Crippen LogP contribution in [-0.2, 0) is 4.79 Å². The van der Waals surface area contributed by atoms with Gasteiger partial charge in [0.1, 0.15) is 0 Å². The first-order chi connectivity index (χ1) is 15.7. The van der Waals surface area contributed by atoms with Crippen LogP contribution in [-0.4, -0.2) is 72.5 Å².